The van der Waals surface area contributed by atoms with Crippen molar-refractivity contribution in [3.63, 3.8) is 0 Å². The number of hydrogen-bond acceptors (Lipinski definition) is 9. The van der Waals surface area contributed by atoms with Crippen molar-refractivity contribution in [1.29, 1.82) is 0 Å². The van der Waals surface area contributed by atoms with E-state index in [9.17, 15) is 48.6 Å². The molecule has 17 nitrogen and oxygen atoms in total. The van der Waals surface area contributed by atoms with Gasteiger partial charge in [-0.3, -0.25) is 33.6 Å². The van der Waals surface area contributed by atoms with Gasteiger partial charge in [0.05, 0.1) is 12.5 Å². The molecule has 11 N–H and O–H groups in total. The molecule has 0 heterocycles. The Hall–Kier alpha value is -5.06. The zero-order valence-corrected chi connectivity index (χ0v) is 39.9. The van der Waals surface area contributed by atoms with Gasteiger partial charge in [0.15, 0.2) is 0 Å². The molecule has 3 rings (SSSR count). The van der Waals surface area contributed by atoms with Crippen LogP contribution in [0.5, 0.6) is 0 Å². The number of primary amides is 2. The second-order valence-corrected chi connectivity index (χ2v) is 19.0. The number of hydrogen-bond donors (Lipinski definition) is 9. The first-order chi connectivity index (χ1) is 32.1. The van der Waals surface area contributed by atoms with E-state index in [1.165, 1.54) is 6.92 Å². The fraction of sp³-hybridized carbons (Fsp3) is 0.720. The van der Waals surface area contributed by atoms with E-state index < -0.39 is 78.2 Å². The Kier molecular flexibility index (Phi) is 26.7. The molecular weight excluding hydrogens is 859 g/mol. The van der Waals surface area contributed by atoms with Crippen LogP contribution >= 0.6 is 0 Å². The Labute approximate surface area is 397 Å². The second kappa shape index (κ2) is 31.8. The van der Waals surface area contributed by atoms with E-state index in [4.69, 9.17) is 11.5 Å². The average Bonchev–Trinajstić information content (AvgIpc) is 3.29. The number of unbranched alkanes of at least 4 members (excludes halogenated alkanes) is 11. The van der Waals surface area contributed by atoms with Crippen LogP contribution in [0.3, 0.4) is 0 Å². The minimum Gasteiger partial charge on any atom is -0.480 e. The molecule has 67 heavy (non-hydrogen) atoms. The fourth-order valence-corrected chi connectivity index (χ4v) is 9.36. The van der Waals surface area contributed by atoms with Crippen molar-refractivity contribution in [1.82, 2.24) is 26.6 Å². The van der Waals surface area contributed by atoms with Gasteiger partial charge in [-0.05, 0) is 56.4 Å². The predicted octanol–water partition coefficient (Wildman–Crippen LogP) is 4.49. The van der Waals surface area contributed by atoms with Gasteiger partial charge in [-0.1, -0.05) is 146 Å². The highest BCUT2D eigenvalue weighted by molar-refractivity contribution is 5.95. The van der Waals surface area contributed by atoms with Crippen LogP contribution in [-0.2, 0) is 44.8 Å². The predicted molar refractivity (Wildman–Crippen MR) is 255 cm³/mol. The molecule has 1 unspecified atom stereocenters. The van der Waals surface area contributed by atoms with E-state index in [2.05, 4.69) is 26.6 Å². The number of aliphatic hydroxyl groups is 1. The van der Waals surface area contributed by atoms with Crippen molar-refractivity contribution in [2.24, 2.45) is 23.3 Å². The zero-order valence-electron chi connectivity index (χ0n) is 39.9. The molecule has 1 aromatic carbocycles. The van der Waals surface area contributed by atoms with Gasteiger partial charge >= 0.3 is 5.97 Å². The maximum absolute atomic E-state index is 13.7. The molecule has 1 aromatic rings. The lowest BCUT2D eigenvalue weighted by Crippen LogP contribution is -2.60. The first-order valence-corrected chi connectivity index (χ1v) is 25.2. The lowest BCUT2D eigenvalue weighted by molar-refractivity contribution is -0.143. The van der Waals surface area contributed by atoms with Crippen molar-refractivity contribution in [3.05, 3.63) is 35.9 Å². The highest BCUT2D eigenvalue weighted by Gasteiger charge is 2.36. The lowest BCUT2D eigenvalue weighted by atomic mass is 9.83. The monoisotopic (exact) mass is 940 g/mol. The van der Waals surface area contributed by atoms with E-state index in [0.29, 0.717) is 32.1 Å². The van der Waals surface area contributed by atoms with Crippen LogP contribution < -0.4 is 38.1 Å². The Bertz CT molecular complexity index is 1700. The van der Waals surface area contributed by atoms with Crippen LogP contribution in [0.4, 0.5) is 0 Å². The highest BCUT2D eigenvalue weighted by atomic mass is 16.4. The van der Waals surface area contributed by atoms with Gasteiger partial charge in [0.25, 0.3) is 0 Å². The molecule has 376 valence electrons. The Morgan fingerprint density at radius 3 is 1.57 bits per heavy atom. The smallest absolute Gasteiger partial charge is 0.326 e. The maximum Gasteiger partial charge on any atom is 0.326 e. The summed E-state index contributed by atoms with van der Waals surface area (Å²) in [6, 6.07) is 3.66. The number of benzene rings is 1. The van der Waals surface area contributed by atoms with Crippen molar-refractivity contribution in [2.45, 2.75) is 217 Å². The molecular formula is C50H81N7O10. The van der Waals surface area contributed by atoms with Crippen molar-refractivity contribution < 1.29 is 48.6 Å². The number of aliphatic hydroxyl groups excluding tert-OH is 1. The molecule has 0 spiro atoms. The molecule has 0 aromatic heterocycles. The third-order valence-corrected chi connectivity index (χ3v) is 13.2. The summed E-state index contributed by atoms with van der Waals surface area (Å²) in [6.07, 6.45) is 19.8. The zero-order chi connectivity index (χ0) is 49.0. The van der Waals surface area contributed by atoms with Crippen LogP contribution in [0.2, 0.25) is 0 Å². The molecule has 2 fully saturated rings. The third-order valence-electron chi connectivity index (χ3n) is 13.2. The molecule has 6 atom stereocenters. The summed E-state index contributed by atoms with van der Waals surface area (Å²) in [7, 11) is 0. The van der Waals surface area contributed by atoms with Crippen LogP contribution in [0.25, 0.3) is 0 Å². The number of carboxylic acid groups (broad SMARTS) is 1. The highest BCUT2D eigenvalue weighted by Crippen LogP contribution is 2.28. The van der Waals surface area contributed by atoms with Gasteiger partial charge in [0.1, 0.15) is 30.2 Å². The van der Waals surface area contributed by atoms with Crippen LogP contribution in [0.15, 0.2) is 30.3 Å². The number of nitrogens with one attached hydrogen (secondary N) is 5. The molecule has 0 saturated heterocycles. The summed E-state index contributed by atoms with van der Waals surface area (Å²) in [6.45, 7) is 1.42. The first kappa shape index (κ1) is 56.3. The summed E-state index contributed by atoms with van der Waals surface area (Å²) in [5, 5.41) is 33.5. The van der Waals surface area contributed by atoms with Crippen LogP contribution in [0.1, 0.15) is 179 Å². The van der Waals surface area contributed by atoms with Gasteiger partial charge in [-0.25, -0.2) is 4.79 Å². The summed E-state index contributed by atoms with van der Waals surface area (Å²) in [5.41, 5.74) is 11.8. The van der Waals surface area contributed by atoms with E-state index in [1.54, 1.807) is 0 Å². The molecule has 0 bridgehead atoms. The SMILES string of the molecule is CC(O)[C@H](NC(=O)CCCCCCCCCCCCCCC(=O)N[C@@H](CC(N)=O)C(=O)N[C@@H](CC1CCCCC1)C(=O)O)C(=O)N[C@H](C(=O)N[C@@H](Cc1ccccc1)C(N)=O)C1CCCCC1. The second-order valence-electron chi connectivity index (χ2n) is 19.0. The van der Waals surface area contributed by atoms with Gasteiger partial charge in [-0.15, -0.1) is 0 Å². The fourth-order valence-electron chi connectivity index (χ4n) is 9.36. The molecule has 2 saturated carbocycles. The van der Waals surface area contributed by atoms with E-state index in [1.807, 2.05) is 30.3 Å². The minimum absolute atomic E-state index is 0.175. The molecule has 2 aliphatic rings. The largest absolute Gasteiger partial charge is 0.480 e. The summed E-state index contributed by atoms with van der Waals surface area (Å²) in [5.74, 6) is -5.21. The Balaban J connectivity index is 1.27. The van der Waals surface area contributed by atoms with E-state index in [0.717, 1.165) is 121 Å². The molecule has 2 aliphatic carbocycles. The van der Waals surface area contributed by atoms with Crippen LogP contribution in [-0.4, -0.2) is 93.8 Å². The van der Waals surface area contributed by atoms with Gasteiger partial charge in [0.2, 0.25) is 41.4 Å². The first-order valence-electron chi connectivity index (χ1n) is 25.2. The molecule has 0 aliphatic heterocycles. The topological polar surface area (TPSA) is 289 Å². The Morgan fingerprint density at radius 1 is 0.582 bits per heavy atom. The summed E-state index contributed by atoms with van der Waals surface area (Å²) < 4.78 is 0. The van der Waals surface area contributed by atoms with Crippen molar-refractivity contribution in [2.75, 3.05) is 0 Å². The number of nitrogens with two attached hydrogens (primary N) is 2. The van der Waals surface area contributed by atoms with Gasteiger partial charge < -0.3 is 48.3 Å². The third kappa shape index (κ3) is 23.0. The van der Waals surface area contributed by atoms with Crippen molar-refractivity contribution >= 4 is 47.3 Å². The average molecular weight is 940 g/mol. The van der Waals surface area contributed by atoms with E-state index in [-0.39, 0.29) is 42.9 Å². The number of aliphatic carboxylic acids is 1. The minimum atomic E-state index is -1.26. The Morgan fingerprint density at radius 2 is 1.07 bits per heavy atom. The quantitative estimate of drug-likeness (QED) is 0.0445. The number of rotatable bonds is 33. The number of amides is 7. The molecule has 17 heteroatoms. The summed E-state index contributed by atoms with van der Waals surface area (Å²) >= 11 is 0. The standard InChI is InChI=1S/C50H81N7O10/c1-34(58)44(48(64)57-45(37-27-19-14-20-28-37)49(65)54-38(46(52)62)31-35-23-15-12-16-24-35)56-43(61)30-22-11-9-7-5-3-2-4-6-8-10-21-29-42(60)53-39(33-41(51)59)47(63)55-40(50(66)67)32-36-25-17-13-18-26-36/h12,15-16,23-24,34,36-40,44-45,58H,2-11,13-14,17-22,25-33H2,1H3,(H2,51,59)(H2,52,62)(H,53,60)(H,54,65)(H,55,63)(H,56,61)(H,57,64)(H,66,67)/t34?,38-,39-,40-,44-,45-/m0/s1. The molecule has 7 amide bonds. The molecule has 0 radical (unpaired) electrons. The maximum atomic E-state index is 13.7. The summed E-state index contributed by atoms with van der Waals surface area (Å²) in [4.78, 5) is 102. The van der Waals surface area contributed by atoms with E-state index >= 15 is 0 Å². The number of carbonyl (C=O) groups is 8. The lowest BCUT2D eigenvalue weighted by Gasteiger charge is -2.32. The normalized spacial score (nSPS) is 17.1. The van der Waals surface area contributed by atoms with Crippen LogP contribution in [0, 0.1) is 11.8 Å². The number of carbonyl (C=O) groups excluding carboxylic acids is 7. The van der Waals surface area contributed by atoms with Gasteiger partial charge in [-0.2, -0.15) is 0 Å². The van der Waals surface area contributed by atoms with Crippen molar-refractivity contribution in [3.8, 4) is 0 Å². The number of carboxylic acids is 1. The van der Waals surface area contributed by atoms with Gasteiger partial charge in [0, 0.05) is 19.3 Å².